The van der Waals surface area contributed by atoms with Crippen molar-refractivity contribution in [2.75, 3.05) is 0 Å². The summed E-state index contributed by atoms with van der Waals surface area (Å²) < 4.78 is 14.5. The molecule has 0 amide bonds. The molecule has 0 unspecified atom stereocenters. The average molecular weight is 371 g/mol. The van der Waals surface area contributed by atoms with Crippen LogP contribution in [0.15, 0.2) is 66.7 Å². The van der Waals surface area contributed by atoms with Crippen LogP contribution in [0.4, 0.5) is 4.39 Å². The highest BCUT2D eigenvalue weighted by Crippen LogP contribution is 2.26. The zero-order valence-electron chi connectivity index (χ0n) is 16.4. The quantitative estimate of drug-likeness (QED) is 0.396. The van der Waals surface area contributed by atoms with Crippen molar-refractivity contribution in [3.63, 3.8) is 0 Å². The number of nitriles is 1. The number of nitrogens with zero attached hydrogens (tertiary/aromatic N) is 1. The van der Waals surface area contributed by atoms with E-state index in [0.717, 1.165) is 41.5 Å². The number of hydrogen-bond acceptors (Lipinski definition) is 1. The van der Waals surface area contributed by atoms with Gasteiger partial charge in [0.2, 0.25) is 0 Å². The summed E-state index contributed by atoms with van der Waals surface area (Å²) >= 11 is 0. The number of hydrogen-bond donors (Lipinski definition) is 0. The summed E-state index contributed by atoms with van der Waals surface area (Å²) in [4.78, 5) is 0. The zero-order valence-corrected chi connectivity index (χ0v) is 16.4. The largest absolute Gasteiger partial charge is 0.207 e. The molecule has 0 saturated heterocycles. The van der Waals surface area contributed by atoms with Crippen LogP contribution < -0.4 is 0 Å². The Hall–Kier alpha value is -2.92. The number of aryl methyl sites for hydroxylation is 3. The van der Waals surface area contributed by atoms with E-state index in [-0.39, 0.29) is 5.82 Å². The lowest BCUT2D eigenvalue weighted by molar-refractivity contribution is 0.604. The van der Waals surface area contributed by atoms with Crippen LogP contribution in [0.3, 0.4) is 0 Å². The first kappa shape index (κ1) is 19.8. The Morgan fingerprint density at radius 2 is 1.57 bits per heavy atom. The second kappa shape index (κ2) is 9.85. The summed E-state index contributed by atoms with van der Waals surface area (Å²) in [7, 11) is 0. The molecule has 0 spiro atoms. The third-order valence-electron chi connectivity index (χ3n) is 5.19. The molecule has 0 heterocycles. The maximum absolute atomic E-state index is 14.5. The molecule has 0 saturated carbocycles. The third-order valence-corrected chi connectivity index (χ3v) is 5.19. The molecule has 1 nitrogen and oxygen atoms in total. The van der Waals surface area contributed by atoms with Gasteiger partial charge in [0.15, 0.2) is 0 Å². The molecule has 142 valence electrons. The predicted octanol–water partition coefficient (Wildman–Crippen LogP) is 6.88. The maximum Gasteiger partial charge on any atom is 0.126 e. The average Bonchev–Trinajstić information content (AvgIpc) is 2.74. The normalized spacial score (nSPS) is 10.6. The Morgan fingerprint density at radius 1 is 0.821 bits per heavy atom. The van der Waals surface area contributed by atoms with Crippen molar-refractivity contribution in [1.82, 2.24) is 0 Å². The molecular formula is C26H26FN. The number of unbranched alkanes of at least 4 members (excludes halogenated alkanes) is 2. The van der Waals surface area contributed by atoms with Gasteiger partial charge in [-0.2, -0.15) is 5.26 Å². The molecule has 3 aromatic rings. The van der Waals surface area contributed by atoms with Crippen LogP contribution >= 0.6 is 0 Å². The first-order valence-electron chi connectivity index (χ1n) is 10.1. The van der Waals surface area contributed by atoms with Gasteiger partial charge in [-0.05, 0) is 71.7 Å². The standard InChI is InChI=1S/C26H26FN/c1-2-3-4-7-20-10-15-24(26(27)18-20)17-16-22-8-5-6-9-25(22)23-13-11-21(19-28)12-14-23/h5-6,8-15,18H,2-4,7,16-17H2,1H3. The summed E-state index contributed by atoms with van der Waals surface area (Å²) in [6.45, 7) is 2.18. The summed E-state index contributed by atoms with van der Waals surface area (Å²) in [5, 5.41) is 8.98. The van der Waals surface area contributed by atoms with E-state index in [4.69, 9.17) is 5.26 Å². The minimum Gasteiger partial charge on any atom is -0.207 e. The van der Waals surface area contributed by atoms with Gasteiger partial charge in [-0.3, -0.25) is 0 Å². The van der Waals surface area contributed by atoms with Crippen LogP contribution in [0.1, 0.15) is 48.4 Å². The van der Waals surface area contributed by atoms with Crippen LogP contribution in [0.5, 0.6) is 0 Å². The molecule has 0 aliphatic rings. The Bertz CT molecular complexity index is 951. The molecular weight excluding hydrogens is 345 g/mol. The topological polar surface area (TPSA) is 23.8 Å². The summed E-state index contributed by atoms with van der Waals surface area (Å²) in [5.41, 5.74) is 5.94. The Morgan fingerprint density at radius 3 is 2.29 bits per heavy atom. The lowest BCUT2D eigenvalue weighted by Crippen LogP contribution is -1.98. The molecule has 0 bridgehead atoms. The van der Waals surface area contributed by atoms with Crippen molar-refractivity contribution in [2.45, 2.75) is 45.4 Å². The molecule has 0 aliphatic heterocycles. The lowest BCUT2D eigenvalue weighted by atomic mass is 9.94. The molecule has 3 aromatic carbocycles. The summed E-state index contributed by atoms with van der Waals surface area (Å²) in [5.74, 6) is -0.0927. The van der Waals surface area contributed by atoms with E-state index in [1.807, 2.05) is 42.5 Å². The second-order valence-corrected chi connectivity index (χ2v) is 7.23. The molecule has 0 aromatic heterocycles. The molecule has 0 atom stereocenters. The lowest BCUT2D eigenvalue weighted by Gasteiger charge is -2.11. The number of benzene rings is 3. The highest BCUT2D eigenvalue weighted by molar-refractivity contribution is 5.68. The van der Waals surface area contributed by atoms with Crippen molar-refractivity contribution in [3.05, 3.63) is 94.8 Å². The summed E-state index contributed by atoms with van der Waals surface area (Å²) in [6.07, 6.45) is 5.89. The predicted molar refractivity (Wildman–Crippen MR) is 114 cm³/mol. The van der Waals surface area contributed by atoms with Crippen molar-refractivity contribution >= 4 is 0 Å². The van der Waals surface area contributed by atoms with Crippen LogP contribution in [0, 0.1) is 17.1 Å². The van der Waals surface area contributed by atoms with Crippen molar-refractivity contribution in [1.29, 1.82) is 5.26 Å². The first-order valence-corrected chi connectivity index (χ1v) is 10.1. The van der Waals surface area contributed by atoms with Crippen LogP contribution in [-0.2, 0) is 19.3 Å². The van der Waals surface area contributed by atoms with Crippen molar-refractivity contribution in [2.24, 2.45) is 0 Å². The van der Waals surface area contributed by atoms with Gasteiger partial charge in [0.05, 0.1) is 11.6 Å². The monoisotopic (exact) mass is 371 g/mol. The van der Waals surface area contributed by atoms with Gasteiger partial charge in [0.25, 0.3) is 0 Å². The number of halogens is 1. The van der Waals surface area contributed by atoms with E-state index in [2.05, 4.69) is 31.2 Å². The first-order chi connectivity index (χ1) is 13.7. The fraction of sp³-hybridized carbons (Fsp3) is 0.269. The molecule has 0 radical (unpaired) electrons. The van der Waals surface area contributed by atoms with Crippen LogP contribution in [0.2, 0.25) is 0 Å². The van der Waals surface area contributed by atoms with Gasteiger partial charge in [-0.25, -0.2) is 4.39 Å². The van der Waals surface area contributed by atoms with Gasteiger partial charge in [-0.15, -0.1) is 0 Å². The Labute approximate surface area is 167 Å². The molecule has 0 N–H and O–H groups in total. The maximum atomic E-state index is 14.5. The Kier molecular flexibility index (Phi) is 6.98. The zero-order chi connectivity index (χ0) is 19.8. The number of rotatable bonds is 8. The molecule has 0 aliphatic carbocycles. The van der Waals surface area contributed by atoms with Crippen LogP contribution in [-0.4, -0.2) is 0 Å². The van der Waals surface area contributed by atoms with Gasteiger partial charge < -0.3 is 0 Å². The van der Waals surface area contributed by atoms with Crippen molar-refractivity contribution < 1.29 is 4.39 Å². The highest BCUT2D eigenvalue weighted by Gasteiger charge is 2.08. The summed E-state index contributed by atoms with van der Waals surface area (Å²) in [6, 6.07) is 23.7. The molecule has 0 fully saturated rings. The fourth-order valence-electron chi connectivity index (χ4n) is 3.54. The van der Waals surface area contributed by atoms with E-state index < -0.39 is 0 Å². The van der Waals surface area contributed by atoms with E-state index in [1.165, 1.54) is 18.4 Å². The van der Waals surface area contributed by atoms with Crippen LogP contribution in [0.25, 0.3) is 11.1 Å². The van der Waals surface area contributed by atoms with Gasteiger partial charge >= 0.3 is 0 Å². The minimum atomic E-state index is -0.0927. The Balaban J connectivity index is 1.72. The molecule has 2 heteroatoms. The molecule has 3 rings (SSSR count). The molecule has 28 heavy (non-hydrogen) atoms. The minimum absolute atomic E-state index is 0.0927. The fourth-order valence-corrected chi connectivity index (χ4v) is 3.54. The third kappa shape index (κ3) is 5.08. The SMILES string of the molecule is CCCCCc1ccc(CCc2ccccc2-c2ccc(C#N)cc2)c(F)c1. The second-order valence-electron chi connectivity index (χ2n) is 7.23. The highest BCUT2D eigenvalue weighted by atomic mass is 19.1. The van der Waals surface area contributed by atoms with E-state index in [9.17, 15) is 4.39 Å². The van der Waals surface area contributed by atoms with E-state index in [1.54, 1.807) is 6.07 Å². The van der Waals surface area contributed by atoms with Gasteiger partial charge in [0, 0.05) is 0 Å². The van der Waals surface area contributed by atoms with Gasteiger partial charge in [0.1, 0.15) is 5.82 Å². The van der Waals surface area contributed by atoms with Crippen molar-refractivity contribution in [3.8, 4) is 17.2 Å². The van der Waals surface area contributed by atoms with E-state index >= 15 is 0 Å². The van der Waals surface area contributed by atoms with Gasteiger partial charge in [-0.1, -0.05) is 68.3 Å². The van der Waals surface area contributed by atoms with E-state index in [0.29, 0.717) is 12.0 Å². The smallest absolute Gasteiger partial charge is 0.126 e.